The van der Waals surface area contributed by atoms with Gasteiger partial charge < -0.3 is 10.1 Å². The summed E-state index contributed by atoms with van der Waals surface area (Å²) in [6, 6.07) is 0.0718. The van der Waals surface area contributed by atoms with Gasteiger partial charge in [-0.25, -0.2) is 0 Å². The summed E-state index contributed by atoms with van der Waals surface area (Å²) in [6.07, 6.45) is 4.98. The van der Waals surface area contributed by atoms with E-state index in [9.17, 15) is 4.79 Å². The molecular formula is C14H23N3O2. The Bertz CT molecular complexity index is 460. The Labute approximate surface area is 114 Å². The Morgan fingerprint density at radius 3 is 2.95 bits per heavy atom. The molecule has 0 aliphatic heterocycles. The first-order valence-electron chi connectivity index (χ1n) is 6.79. The van der Waals surface area contributed by atoms with Gasteiger partial charge in [-0.2, -0.15) is 5.10 Å². The second-order valence-electron chi connectivity index (χ2n) is 6.07. The molecule has 0 unspecified atom stereocenters. The molecule has 0 radical (unpaired) electrons. The minimum absolute atomic E-state index is 0.0218. The van der Waals surface area contributed by atoms with Gasteiger partial charge in [0.25, 0.3) is 0 Å². The Morgan fingerprint density at radius 1 is 1.58 bits per heavy atom. The molecule has 1 heterocycles. The molecule has 0 bridgehead atoms. The molecule has 0 saturated carbocycles. The number of amides is 1. The third kappa shape index (κ3) is 2.97. The number of methoxy groups -OCH3 is 1. The Morgan fingerprint density at radius 2 is 2.32 bits per heavy atom. The van der Waals surface area contributed by atoms with Crippen LogP contribution in [-0.2, 0) is 21.5 Å². The molecule has 5 nitrogen and oxygen atoms in total. The zero-order valence-electron chi connectivity index (χ0n) is 12.2. The van der Waals surface area contributed by atoms with Gasteiger partial charge in [0.15, 0.2) is 0 Å². The summed E-state index contributed by atoms with van der Waals surface area (Å²) in [5.74, 6) is -0.0659. The summed E-state index contributed by atoms with van der Waals surface area (Å²) in [4.78, 5) is 11.7. The highest BCUT2D eigenvalue weighted by atomic mass is 16.5. The maximum Gasteiger partial charge on any atom is 0.246 e. The summed E-state index contributed by atoms with van der Waals surface area (Å²) in [6.45, 7) is 6.55. The van der Waals surface area contributed by atoms with E-state index in [-0.39, 0.29) is 24.1 Å². The molecule has 1 aliphatic rings. The van der Waals surface area contributed by atoms with E-state index < -0.39 is 0 Å². The van der Waals surface area contributed by atoms with Crippen LogP contribution in [-0.4, -0.2) is 29.4 Å². The number of nitrogens with one attached hydrogen (secondary N) is 1. The van der Waals surface area contributed by atoms with Gasteiger partial charge in [0, 0.05) is 18.4 Å². The molecule has 1 aromatic heterocycles. The molecule has 0 aromatic carbocycles. The van der Waals surface area contributed by atoms with Crippen LogP contribution < -0.4 is 5.32 Å². The predicted molar refractivity (Wildman–Crippen MR) is 72.9 cm³/mol. The molecule has 1 amide bonds. The summed E-state index contributed by atoms with van der Waals surface area (Å²) in [5.41, 5.74) is 2.39. The van der Waals surface area contributed by atoms with E-state index in [0.29, 0.717) is 0 Å². The van der Waals surface area contributed by atoms with Crippen LogP contribution in [0.4, 0.5) is 0 Å². The standard InChI is InChI=1S/C14H23N3O2/c1-14(2,3)17-12-7-5-6-11(10(12)8-15-17)16-13(18)9-19-4/h8,11H,5-7,9H2,1-4H3,(H,16,18)/t11-/m1/s1. The quantitative estimate of drug-likeness (QED) is 0.906. The highest BCUT2D eigenvalue weighted by molar-refractivity contribution is 5.77. The number of fused-ring (bicyclic) bond motifs is 1. The van der Waals surface area contributed by atoms with Crippen molar-refractivity contribution in [3.8, 4) is 0 Å². The van der Waals surface area contributed by atoms with Gasteiger partial charge in [0.1, 0.15) is 6.61 Å². The van der Waals surface area contributed by atoms with Crippen LogP contribution in [0.1, 0.15) is 50.9 Å². The fraction of sp³-hybridized carbons (Fsp3) is 0.714. The number of carbonyl (C=O) groups excluding carboxylic acids is 1. The topological polar surface area (TPSA) is 56.1 Å². The van der Waals surface area contributed by atoms with Gasteiger partial charge in [0.2, 0.25) is 5.91 Å². The normalized spacial score (nSPS) is 19.1. The van der Waals surface area contributed by atoms with E-state index in [1.807, 2.05) is 6.20 Å². The average molecular weight is 265 g/mol. The van der Waals surface area contributed by atoms with Gasteiger partial charge in [-0.05, 0) is 40.0 Å². The largest absolute Gasteiger partial charge is 0.375 e. The molecule has 19 heavy (non-hydrogen) atoms. The van der Waals surface area contributed by atoms with Crippen molar-refractivity contribution in [1.29, 1.82) is 0 Å². The molecule has 1 aromatic rings. The lowest BCUT2D eigenvalue weighted by Crippen LogP contribution is -2.34. The monoisotopic (exact) mass is 265 g/mol. The maximum atomic E-state index is 11.7. The van der Waals surface area contributed by atoms with Crippen molar-refractivity contribution in [1.82, 2.24) is 15.1 Å². The lowest BCUT2D eigenvalue weighted by molar-refractivity contribution is -0.125. The number of hydrogen-bond acceptors (Lipinski definition) is 3. The van der Waals surface area contributed by atoms with Crippen molar-refractivity contribution in [2.24, 2.45) is 0 Å². The first-order chi connectivity index (χ1) is 8.93. The SMILES string of the molecule is COCC(=O)N[C@@H]1CCCc2c1cnn2C(C)(C)C. The highest BCUT2D eigenvalue weighted by Gasteiger charge is 2.28. The van der Waals surface area contributed by atoms with E-state index in [4.69, 9.17) is 4.74 Å². The zero-order chi connectivity index (χ0) is 14.0. The van der Waals surface area contributed by atoms with Crippen molar-refractivity contribution >= 4 is 5.91 Å². The maximum absolute atomic E-state index is 11.7. The Hall–Kier alpha value is -1.36. The zero-order valence-corrected chi connectivity index (χ0v) is 12.2. The molecule has 0 saturated heterocycles. The van der Waals surface area contributed by atoms with E-state index in [2.05, 4.69) is 35.9 Å². The van der Waals surface area contributed by atoms with Gasteiger partial charge in [-0.15, -0.1) is 0 Å². The van der Waals surface area contributed by atoms with Crippen molar-refractivity contribution in [2.75, 3.05) is 13.7 Å². The summed E-state index contributed by atoms with van der Waals surface area (Å²) < 4.78 is 6.94. The predicted octanol–water partition coefficient (Wildman–Crippen LogP) is 1.78. The van der Waals surface area contributed by atoms with E-state index >= 15 is 0 Å². The fourth-order valence-electron chi connectivity index (χ4n) is 2.65. The first kappa shape index (κ1) is 14.1. The fourth-order valence-corrected chi connectivity index (χ4v) is 2.65. The third-order valence-electron chi connectivity index (χ3n) is 3.43. The van der Waals surface area contributed by atoms with Crippen LogP contribution in [0.25, 0.3) is 0 Å². The van der Waals surface area contributed by atoms with E-state index in [1.165, 1.54) is 12.8 Å². The molecule has 106 valence electrons. The summed E-state index contributed by atoms with van der Waals surface area (Å²) in [7, 11) is 1.53. The van der Waals surface area contributed by atoms with Gasteiger partial charge in [0.05, 0.1) is 17.8 Å². The lowest BCUT2D eigenvalue weighted by Gasteiger charge is -2.28. The minimum Gasteiger partial charge on any atom is -0.375 e. The van der Waals surface area contributed by atoms with Crippen LogP contribution in [0.15, 0.2) is 6.20 Å². The van der Waals surface area contributed by atoms with E-state index in [0.717, 1.165) is 24.8 Å². The average Bonchev–Trinajstić information content (AvgIpc) is 2.73. The molecule has 1 aliphatic carbocycles. The Kier molecular flexibility index (Phi) is 3.94. The van der Waals surface area contributed by atoms with Crippen LogP contribution in [0.5, 0.6) is 0 Å². The number of rotatable bonds is 3. The van der Waals surface area contributed by atoms with Crippen molar-refractivity contribution in [3.63, 3.8) is 0 Å². The molecule has 5 heteroatoms. The number of carbonyl (C=O) groups is 1. The number of hydrogen-bond donors (Lipinski definition) is 1. The third-order valence-corrected chi connectivity index (χ3v) is 3.43. The minimum atomic E-state index is -0.0659. The van der Waals surface area contributed by atoms with Crippen LogP contribution in [0, 0.1) is 0 Å². The van der Waals surface area contributed by atoms with Gasteiger partial charge >= 0.3 is 0 Å². The first-order valence-corrected chi connectivity index (χ1v) is 6.79. The number of nitrogens with zero attached hydrogens (tertiary/aromatic N) is 2. The second-order valence-corrected chi connectivity index (χ2v) is 6.07. The van der Waals surface area contributed by atoms with Crippen molar-refractivity contribution in [3.05, 3.63) is 17.5 Å². The highest BCUT2D eigenvalue weighted by Crippen LogP contribution is 2.32. The van der Waals surface area contributed by atoms with E-state index in [1.54, 1.807) is 0 Å². The van der Waals surface area contributed by atoms with Gasteiger partial charge in [-0.1, -0.05) is 0 Å². The van der Waals surface area contributed by atoms with Gasteiger partial charge in [-0.3, -0.25) is 9.48 Å². The summed E-state index contributed by atoms with van der Waals surface area (Å²) >= 11 is 0. The van der Waals surface area contributed by atoms with Crippen molar-refractivity contribution in [2.45, 2.75) is 51.6 Å². The number of aromatic nitrogens is 2. The molecule has 0 fully saturated rings. The molecule has 2 rings (SSSR count). The van der Waals surface area contributed by atoms with Crippen LogP contribution in [0.2, 0.25) is 0 Å². The lowest BCUT2D eigenvalue weighted by atomic mass is 9.92. The Balaban J connectivity index is 2.21. The smallest absolute Gasteiger partial charge is 0.246 e. The molecular weight excluding hydrogens is 242 g/mol. The van der Waals surface area contributed by atoms with Crippen LogP contribution >= 0.6 is 0 Å². The molecule has 1 atom stereocenters. The molecule has 1 N–H and O–H groups in total. The summed E-state index contributed by atoms with van der Waals surface area (Å²) in [5, 5.41) is 7.53. The van der Waals surface area contributed by atoms with Crippen LogP contribution in [0.3, 0.4) is 0 Å². The molecule has 0 spiro atoms. The van der Waals surface area contributed by atoms with Crippen molar-refractivity contribution < 1.29 is 9.53 Å². The second kappa shape index (κ2) is 5.33. The number of ether oxygens (including phenoxy) is 1.